The van der Waals surface area contributed by atoms with Crippen molar-refractivity contribution in [2.24, 2.45) is 0 Å². The predicted octanol–water partition coefficient (Wildman–Crippen LogP) is 5.62. The molecule has 0 bridgehead atoms. The standard InChI is InChI=1S/C28H27N5OS/c34-27(26(22-7-3-1-4-8-22)33-17-19-35-20-18-33)30-24-13-11-21(12-14-24)25-15-16-29-28(32-25)31-23-9-5-2-6-10-23/h1-16,26H,17-20H2,(H,30,34)(H,29,31,32). The fourth-order valence-electron chi connectivity index (χ4n) is 4.16. The van der Waals surface area contributed by atoms with Gasteiger partial charge in [0, 0.05) is 47.7 Å². The maximum absolute atomic E-state index is 13.4. The molecule has 1 saturated heterocycles. The number of nitrogens with zero attached hydrogens (tertiary/aromatic N) is 3. The van der Waals surface area contributed by atoms with Gasteiger partial charge in [-0.2, -0.15) is 11.8 Å². The van der Waals surface area contributed by atoms with Gasteiger partial charge in [0.15, 0.2) is 0 Å². The lowest BCUT2D eigenvalue weighted by molar-refractivity contribution is -0.121. The summed E-state index contributed by atoms with van der Waals surface area (Å²) in [5.41, 5.74) is 4.48. The van der Waals surface area contributed by atoms with Crippen molar-refractivity contribution in [3.63, 3.8) is 0 Å². The van der Waals surface area contributed by atoms with Gasteiger partial charge in [-0.3, -0.25) is 9.69 Å². The highest BCUT2D eigenvalue weighted by atomic mass is 32.2. The number of benzene rings is 3. The number of carbonyl (C=O) groups is 1. The number of hydrogen-bond donors (Lipinski definition) is 2. The molecular weight excluding hydrogens is 454 g/mol. The summed E-state index contributed by atoms with van der Waals surface area (Å²) in [5, 5.41) is 6.35. The summed E-state index contributed by atoms with van der Waals surface area (Å²) in [4.78, 5) is 24.6. The second-order valence-electron chi connectivity index (χ2n) is 8.28. The quantitative estimate of drug-likeness (QED) is 0.357. The number of thioether (sulfide) groups is 1. The van der Waals surface area contributed by atoms with Crippen LogP contribution in [-0.4, -0.2) is 45.4 Å². The lowest BCUT2D eigenvalue weighted by Crippen LogP contribution is -2.41. The molecule has 1 aliphatic rings. The number of amides is 1. The van der Waals surface area contributed by atoms with E-state index >= 15 is 0 Å². The Morgan fingerprint density at radius 2 is 1.51 bits per heavy atom. The Labute approximate surface area is 209 Å². The van der Waals surface area contributed by atoms with Gasteiger partial charge in [-0.15, -0.1) is 0 Å². The Morgan fingerprint density at radius 1 is 0.829 bits per heavy atom. The Morgan fingerprint density at radius 3 is 2.23 bits per heavy atom. The number of rotatable bonds is 7. The third-order valence-corrected chi connectivity index (χ3v) is 6.85. The summed E-state index contributed by atoms with van der Waals surface area (Å²) in [5.74, 6) is 2.63. The van der Waals surface area contributed by atoms with Crippen molar-refractivity contribution in [3.05, 3.63) is 103 Å². The van der Waals surface area contributed by atoms with Crippen LogP contribution in [0.1, 0.15) is 11.6 Å². The zero-order valence-electron chi connectivity index (χ0n) is 19.3. The minimum Gasteiger partial charge on any atom is -0.324 e. The number of nitrogens with one attached hydrogen (secondary N) is 2. The van der Waals surface area contributed by atoms with Crippen LogP contribution in [0.3, 0.4) is 0 Å². The van der Waals surface area contributed by atoms with Gasteiger partial charge in [0.25, 0.3) is 0 Å². The first kappa shape index (κ1) is 23.1. The highest BCUT2D eigenvalue weighted by molar-refractivity contribution is 7.99. The van der Waals surface area contributed by atoms with Crippen LogP contribution < -0.4 is 10.6 Å². The molecule has 2 N–H and O–H groups in total. The topological polar surface area (TPSA) is 70.1 Å². The van der Waals surface area contributed by atoms with Gasteiger partial charge >= 0.3 is 0 Å². The smallest absolute Gasteiger partial charge is 0.246 e. The molecule has 1 aromatic heterocycles. The van der Waals surface area contributed by atoms with Gasteiger partial charge < -0.3 is 10.6 Å². The largest absolute Gasteiger partial charge is 0.324 e. The molecule has 1 unspecified atom stereocenters. The van der Waals surface area contributed by atoms with Gasteiger partial charge in [-0.1, -0.05) is 60.7 Å². The third-order valence-electron chi connectivity index (χ3n) is 5.91. The normalized spacial score (nSPS) is 14.7. The van der Waals surface area contributed by atoms with Gasteiger partial charge in [0.1, 0.15) is 6.04 Å². The second-order valence-corrected chi connectivity index (χ2v) is 9.51. The SMILES string of the molecule is O=C(Nc1ccc(-c2ccnc(Nc3ccccc3)n2)cc1)C(c1ccccc1)N1CCSCC1. The summed E-state index contributed by atoms with van der Waals surface area (Å²) in [6, 6.07) is 29.2. The van der Waals surface area contributed by atoms with Crippen LogP contribution in [0.4, 0.5) is 17.3 Å². The Hall–Kier alpha value is -3.68. The van der Waals surface area contributed by atoms with E-state index in [4.69, 9.17) is 0 Å². The van der Waals surface area contributed by atoms with Gasteiger partial charge in [0.2, 0.25) is 11.9 Å². The molecule has 0 radical (unpaired) electrons. The van der Waals surface area contributed by atoms with Crippen molar-refractivity contribution >= 4 is 35.0 Å². The first-order valence-electron chi connectivity index (χ1n) is 11.7. The van der Waals surface area contributed by atoms with Gasteiger partial charge in [-0.25, -0.2) is 9.97 Å². The molecule has 176 valence electrons. The summed E-state index contributed by atoms with van der Waals surface area (Å²) in [6.07, 6.45) is 1.74. The number of para-hydroxylation sites is 1. The number of hydrogen-bond acceptors (Lipinski definition) is 6. The fourth-order valence-corrected chi connectivity index (χ4v) is 5.10. The number of anilines is 3. The molecule has 5 rings (SSSR count). The summed E-state index contributed by atoms with van der Waals surface area (Å²) >= 11 is 1.94. The van der Waals surface area contributed by atoms with Crippen molar-refractivity contribution in [1.29, 1.82) is 0 Å². The monoisotopic (exact) mass is 481 g/mol. The molecule has 3 aromatic carbocycles. The van der Waals surface area contributed by atoms with Crippen LogP contribution in [0.5, 0.6) is 0 Å². The average Bonchev–Trinajstić information content (AvgIpc) is 2.91. The van der Waals surface area contributed by atoms with E-state index in [0.29, 0.717) is 5.95 Å². The zero-order chi connectivity index (χ0) is 23.9. The maximum Gasteiger partial charge on any atom is 0.246 e. The predicted molar refractivity (Wildman–Crippen MR) is 144 cm³/mol. The lowest BCUT2D eigenvalue weighted by atomic mass is 10.0. The molecule has 0 aliphatic carbocycles. The van der Waals surface area contributed by atoms with E-state index in [9.17, 15) is 4.79 Å². The Bertz CT molecular complexity index is 1250. The third kappa shape index (κ3) is 5.88. The highest BCUT2D eigenvalue weighted by Crippen LogP contribution is 2.27. The molecular formula is C28H27N5OS. The fraction of sp³-hybridized carbons (Fsp3) is 0.179. The first-order valence-corrected chi connectivity index (χ1v) is 12.8. The minimum absolute atomic E-state index is 0.00719. The van der Waals surface area contributed by atoms with E-state index in [-0.39, 0.29) is 11.9 Å². The van der Waals surface area contributed by atoms with Gasteiger partial charge in [0.05, 0.1) is 5.69 Å². The lowest BCUT2D eigenvalue weighted by Gasteiger charge is -2.33. The molecule has 1 amide bonds. The van der Waals surface area contributed by atoms with Crippen molar-refractivity contribution in [2.45, 2.75) is 6.04 Å². The molecule has 1 fully saturated rings. The van der Waals surface area contributed by atoms with E-state index in [1.807, 2.05) is 103 Å². The summed E-state index contributed by atoms with van der Waals surface area (Å²) in [7, 11) is 0. The second kappa shape index (κ2) is 11.2. The van der Waals surface area contributed by atoms with Crippen molar-refractivity contribution in [1.82, 2.24) is 14.9 Å². The molecule has 2 heterocycles. The number of carbonyl (C=O) groups excluding carboxylic acids is 1. The Balaban J connectivity index is 1.30. The van der Waals surface area contributed by atoms with Crippen LogP contribution in [-0.2, 0) is 4.79 Å². The van der Waals surface area contributed by atoms with E-state index in [1.54, 1.807) is 6.20 Å². The van der Waals surface area contributed by atoms with Crippen LogP contribution in [0.15, 0.2) is 97.2 Å². The van der Waals surface area contributed by atoms with Gasteiger partial charge in [-0.05, 0) is 35.9 Å². The molecule has 4 aromatic rings. The molecule has 6 nitrogen and oxygen atoms in total. The zero-order valence-corrected chi connectivity index (χ0v) is 20.1. The molecule has 35 heavy (non-hydrogen) atoms. The first-order chi connectivity index (χ1) is 17.3. The molecule has 1 atom stereocenters. The summed E-state index contributed by atoms with van der Waals surface area (Å²) in [6.45, 7) is 1.81. The summed E-state index contributed by atoms with van der Waals surface area (Å²) < 4.78 is 0. The number of aromatic nitrogens is 2. The van der Waals surface area contributed by atoms with Crippen molar-refractivity contribution < 1.29 is 4.79 Å². The molecule has 1 aliphatic heterocycles. The van der Waals surface area contributed by atoms with Crippen LogP contribution in [0, 0.1) is 0 Å². The average molecular weight is 482 g/mol. The highest BCUT2D eigenvalue weighted by Gasteiger charge is 2.28. The van der Waals surface area contributed by atoms with E-state index < -0.39 is 0 Å². The van der Waals surface area contributed by atoms with E-state index in [1.165, 1.54) is 0 Å². The van der Waals surface area contributed by atoms with Crippen molar-refractivity contribution in [2.75, 3.05) is 35.2 Å². The van der Waals surface area contributed by atoms with Crippen LogP contribution in [0.25, 0.3) is 11.3 Å². The maximum atomic E-state index is 13.4. The molecule has 0 spiro atoms. The molecule has 0 saturated carbocycles. The van der Waals surface area contributed by atoms with Crippen LogP contribution >= 0.6 is 11.8 Å². The van der Waals surface area contributed by atoms with E-state index in [0.717, 1.165) is 52.8 Å². The van der Waals surface area contributed by atoms with Crippen LogP contribution in [0.2, 0.25) is 0 Å². The minimum atomic E-state index is -0.301. The Kier molecular flexibility index (Phi) is 7.36. The van der Waals surface area contributed by atoms with Crippen molar-refractivity contribution in [3.8, 4) is 11.3 Å². The molecule has 7 heteroatoms. The van der Waals surface area contributed by atoms with E-state index in [2.05, 4.69) is 25.5 Å².